The number of hydrogen-bond acceptors (Lipinski definition) is 3. The van der Waals surface area contributed by atoms with E-state index in [9.17, 15) is 4.79 Å². The molecule has 0 aromatic heterocycles. The highest BCUT2D eigenvalue weighted by atomic mass is 16.5. The van der Waals surface area contributed by atoms with E-state index in [4.69, 9.17) is 4.74 Å². The average Bonchev–Trinajstić information content (AvgIpc) is 2.85. The van der Waals surface area contributed by atoms with Gasteiger partial charge in [0.15, 0.2) is 0 Å². The van der Waals surface area contributed by atoms with Crippen molar-refractivity contribution < 1.29 is 9.53 Å². The van der Waals surface area contributed by atoms with Crippen molar-refractivity contribution in [1.82, 2.24) is 5.32 Å². The molecule has 0 spiro atoms. The van der Waals surface area contributed by atoms with Gasteiger partial charge in [0.2, 0.25) is 5.91 Å². The molecule has 110 valence electrons. The molecule has 1 amide bonds. The highest BCUT2D eigenvalue weighted by molar-refractivity contribution is 5.93. The van der Waals surface area contributed by atoms with Gasteiger partial charge in [0.1, 0.15) is 5.75 Å². The molecular weight excluding hydrogens is 252 g/mol. The predicted octanol–water partition coefficient (Wildman–Crippen LogP) is 2.80. The maximum Gasteiger partial charge on any atom is 0.229 e. The van der Waals surface area contributed by atoms with Crippen LogP contribution in [0.1, 0.15) is 33.6 Å². The Morgan fingerprint density at radius 2 is 2.35 bits per heavy atom. The topological polar surface area (TPSA) is 50.4 Å². The van der Waals surface area contributed by atoms with Crippen LogP contribution in [0.2, 0.25) is 0 Å². The number of amides is 1. The van der Waals surface area contributed by atoms with Crippen LogP contribution in [-0.2, 0) is 4.79 Å². The van der Waals surface area contributed by atoms with Crippen molar-refractivity contribution >= 4 is 11.6 Å². The van der Waals surface area contributed by atoms with Crippen LogP contribution in [0.5, 0.6) is 5.75 Å². The Morgan fingerprint density at radius 1 is 1.55 bits per heavy atom. The number of ether oxygens (including phenoxy) is 1. The minimum atomic E-state index is 0.0501. The summed E-state index contributed by atoms with van der Waals surface area (Å²) in [5, 5.41) is 6.28. The van der Waals surface area contributed by atoms with Crippen molar-refractivity contribution in [3.05, 3.63) is 24.3 Å². The minimum Gasteiger partial charge on any atom is -0.491 e. The van der Waals surface area contributed by atoms with Gasteiger partial charge in [-0.1, -0.05) is 13.0 Å². The molecule has 4 nitrogen and oxygen atoms in total. The van der Waals surface area contributed by atoms with E-state index in [1.165, 1.54) is 0 Å². The van der Waals surface area contributed by atoms with E-state index in [2.05, 4.69) is 24.5 Å². The van der Waals surface area contributed by atoms with Gasteiger partial charge < -0.3 is 15.4 Å². The molecule has 3 atom stereocenters. The van der Waals surface area contributed by atoms with E-state index in [0.29, 0.717) is 0 Å². The molecule has 3 unspecified atom stereocenters. The fourth-order valence-corrected chi connectivity index (χ4v) is 2.41. The van der Waals surface area contributed by atoms with Crippen molar-refractivity contribution in [2.24, 2.45) is 5.92 Å². The molecule has 1 aliphatic rings. The van der Waals surface area contributed by atoms with Crippen molar-refractivity contribution in [2.75, 3.05) is 11.9 Å². The Bertz CT molecular complexity index is 462. The second-order valence-electron chi connectivity index (χ2n) is 5.49. The van der Waals surface area contributed by atoms with Gasteiger partial charge in [0.05, 0.1) is 12.0 Å². The van der Waals surface area contributed by atoms with Gasteiger partial charge in [0, 0.05) is 17.8 Å². The number of carbonyl (C=O) groups excluding carboxylic acids is 1. The highest BCUT2D eigenvalue weighted by Crippen LogP contribution is 2.22. The lowest BCUT2D eigenvalue weighted by Gasteiger charge is -2.16. The molecule has 2 rings (SSSR count). The summed E-state index contributed by atoms with van der Waals surface area (Å²) in [7, 11) is 0. The molecule has 1 aromatic rings. The molecule has 1 fully saturated rings. The van der Waals surface area contributed by atoms with Crippen LogP contribution in [0, 0.1) is 5.92 Å². The number of nitrogens with one attached hydrogen (secondary N) is 2. The van der Waals surface area contributed by atoms with Crippen molar-refractivity contribution in [2.45, 2.75) is 45.8 Å². The Kier molecular flexibility index (Phi) is 5.01. The molecule has 1 heterocycles. The molecule has 0 saturated carbocycles. The Hall–Kier alpha value is -1.55. The fraction of sp³-hybridized carbons (Fsp3) is 0.562. The zero-order valence-corrected chi connectivity index (χ0v) is 12.5. The zero-order chi connectivity index (χ0) is 14.5. The molecule has 1 aliphatic heterocycles. The molecule has 2 N–H and O–H groups in total. The van der Waals surface area contributed by atoms with Crippen molar-refractivity contribution in [3.8, 4) is 5.75 Å². The number of anilines is 1. The molecule has 20 heavy (non-hydrogen) atoms. The number of rotatable bonds is 5. The molecule has 1 saturated heterocycles. The summed E-state index contributed by atoms with van der Waals surface area (Å²) in [5.74, 6) is 0.937. The van der Waals surface area contributed by atoms with Crippen molar-refractivity contribution in [1.29, 1.82) is 0 Å². The van der Waals surface area contributed by atoms with E-state index in [-0.39, 0.29) is 24.0 Å². The zero-order valence-electron chi connectivity index (χ0n) is 12.5. The maximum absolute atomic E-state index is 12.2. The summed E-state index contributed by atoms with van der Waals surface area (Å²) in [6.45, 7) is 7.10. The van der Waals surface area contributed by atoms with E-state index >= 15 is 0 Å². The van der Waals surface area contributed by atoms with Gasteiger partial charge in [-0.2, -0.15) is 0 Å². The SMILES string of the molecule is CCC(C)Oc1cccc(NC(=O)C2CCNC2C)c1. The van der Waals surface area contributed by atoms with E-state index in [1.807, 2.05) is 31.2 Å². The van der Waals surface area contributed by atoms with Gasteiger partial charge in [-0.05, 0) is 45.4 Å². The first-order valence-electron chi connectivity index (χ1n) is 7.41. The third kappa shape index (κ3) is 3.73. The van der Waals surface area contributed by atoms with Gasteiger partial charge >= 0.3 is 0 Å². The molecule has 1 aromatic carbocycles. The van der Waals surface area contributed by atoms with Crippen LogP contribution in [0.25, 0.3) is 0 Å². The van der Waals surface area contributed by atoms with E-state index < -0.39 is 0 Å². The van der Waals surface area contributed by atoms with Crippen LogP contribution < -0.4 is 15.4 Å². The van der Waals surface area contributed by atoms with Crippen LogP contribution in [0.4, 0.5) is 5.69 Å². The summed E-state index contributed by atoms with van der Waals surface area (Å²) in [5.41, 5.74) is 0.801. The quantitative estimate of drug-likeness (QED) is 0.869. The van der Waals surface area contributed by atoms with Gasteiger partial charge in [-0.3, -0.25) is 4.79 Å². The summed E-state index contributed by atoms with van der Waals surface area (Å²) >= 11 is 0. The molecular formula is C16H24N2O2. The van der Waals surface area contributed by atoms with Crippen LogP contribution in [0.3, 0.4) is 0 Å². The van der Waals surface area contributed by atoms with Crippen LogP contribution in [-0.4, -0.2) is 24.6 Å². The molecule has 4 heteroatoms. The number of hydrogen-bond donors (Lipinski definition) is 2. The minimum absolute atomic E-state index is 0.0501. The van der Waals surface area contributed by atoms with Gasteiger partial charge in [-0.25, -0.2) is 0 Å². The highest BCUT2D eigenvalue weighted by Gasteiger charge is 2.29. The average molecular weight is 276 g/mol. The second kappa shape index (κ2) is 6.75. The van der Waals surface area contributed by atoms with Crippen LogP contribution in [0.15, 0.2) is 24.3 Å². The first-order valence-corrected chi connectivity index (χ1v) is 7.41. The molecule has 0 radical (unpaired) electrons. The summed E-state index contributed by atoms with van der Waals surface area (Å²) in [6, 6.07) is 7.85. The largest absolute Gasteiger partial charge is 0.491 e. The Morgan fingerprint density at radius 3 is 3.00 bits per heavy atom. The summed E-state index contributed by atoms with van der Waals surface area (Å²) in [4.78, 5) is 12.2. The van der Waals surface area contributed by atoms with Crippen molar-refractivity contribution in [3.63, 3.8) is 0 Å². The monoisotopic (exact) mass is 276 g/mol. The van der Waals surface area contributed by atoms with Crippen LogP contribution >= 0.6 is 0 Å². The fourth-order valence-electron chi connectivity index (χ4n) is 2.41. The third-order valence-electron chi connectivity index (χ3n) is 3.88. The summed E-state index contributed by atoms with van der Waals surface area (Å²) in [6.07, 6.45) is 2.04. The smallest absolute Gasteiger partial charge is 0.229 e. The predicted molar refractivity (Wildman–Crippen MR) is 81.0 cm³/mol. The number of carbonyl (C=O) groups is 1. The maximum atomic E-state index is 12.2. The first-order chi connectivity index (χ1) is 9.60. The van der Waals surface area contributed by atoms with E-state index in [0.717, 1.165) is 30.8 Å². The van der Waals surface area contributed by atoms with Gasteiger partial charge in [0.25, 0.3) is 0 Å². The Balaban J connectivity index is 1.98. The second-order valence-corrected chi connectivity index (χ2v) is 5.49. The van der Waals surface area contributed by atoms with Gasteiger partial charge in [-0.15, -0.1) is 0 Å². The summed E-state index contributed by atoms with van der Waals surface area (Å²) < 4.78 is 5.77. The molecule has 0 aliphatic carbocycles. The first kappa shape index (κ1) is 14.9. The third-order valence-corrected chi connectivity index (χ3v) is 3.88. The van der Waals surface area contributed by atoms with E-state index in [1.54, 1.807) is 0 Å². The normalized spacial score (nSPS) is 23.4. The lowest BCUT2D eigenvalue weighted by molar-refractivity contribution is -0.119. The number of benzene rings is 1. The lowest BCUT2D eigenvalue weighted by atomic mass is 10.0. The lowest BCUT2D eigenvalue weighted by Crippen LogP contribution is -2.32. The standard InChI is InChI=1S/C16H24N2O2/c1-4-11(2)20-14-7-5-6-13(10-14)18-16(19)15-8-9-17-12(15)3/h5-7,10-12,15,17H,4,8-9H2,1-3H3,(H,18,19). The Labute approximate surface area is 120 Å². The molecule has 0 bridgehead atoms.